The van der Waals surface area contributed by atoms with Gasteiger partial charge in [0.2, 0.25) is 0 Å². The number of aliphatic carboxylic acids is 1. The Labute approximate surface area is 234 Å². The third kappa shape index (κ3) is 4.04. The Kier molecular flexibility index (Phi) is 7.71. The lowest BCUT2D eigenvalue weighted by atomic mass is 9.45. The van der Waals surface area contributed by atoms with E-state index in [1.54, 1.807) is 7.11 Å². The van der Waals surface area contributed by atoms with E-state index in [-0.39, 0.29) is 36.1 Å². The van der Waals surface area contributed by atoms with Gasteiger partial charge < -0.3 is 24.1 Å². The van der Waals surface area contributed by atoms with Gasteiger partial charge in [-0.2, -0.15) is 0 Å². The van der Waals surface area contributed by atoms with Crippen LogP contribution in [-0.2, 0) is 23.8 Å². The van der Waals surface area contributed by atoms with Crippen LogP contribution in [0.5, 0.6) is 0 Å². The van der Waals surface area contributed by atoms with Gasteiger partial charge in [0, 0.05) is 32.7 Å². The predicted octanol–water partition coefficient (Wildman–Crippen LogP) is 4.75. The highest BCUT2D eigenvalue weighted by Gasteiger charge is 2.85. The number of methoxy groups -OCH3 is 1. The summed E-state index contributed by atoms with van der Waals surface area (Å²) >= 11 is 0. The first-order chi connectivity index (χ1) is 18.5. The number of ether oxygens (including phenoxy) is 3. The summed E-state index contributed by atoms with van der Waals surface area (Å²) in [7, 11) is 1.73. The third-order valence-corrected chi connectivity index (χ3v) is 11.4. The molecule has 0 aromatic heterocycles. The fourth-order valence-corrected chi connectivity index (χ4v) is 9.69. The normalized spacial score (nSPS) is 45.2. The van der Waals surface area contributed by atoms with Crippen LogP contribution in [0.25, 0.3) is 0 Å². The zero-order valence-corrected chi connectivity index (χ0v) is 24.8. The van der Waals surface area contributed by atoms with E-state index in [2.05, 4.69) is 38.3 Å². The van der Waals surface area contributed by atoms with Crippen LogP contribution in [0, 0.1) is 40.4 Å². The van der Waals surface area contributed by atoms with Gasteiger partial charge in [-0.15, -0.1) is 6.58 Å². The molecule has 0 aromatic carbocycles. The first kappa shape index (κ1) is 29.0. The molecule has 0 unspecified atom stereocenters. The van der Waals surface area contributed by atoms with Crippen LogP contribution in [0.15, 0.2) is 23.8 Å². The number of aldehydes is 1. The molecule has 39 heavy (non-hydrogen) atoms. The molecule has 0 radical (unpaired) electrons. The van der Waals surface area contributed by atoms with Crippen molar-refractivity contribution in [3.05, 3.63) is 23.8 Å². The summed E-state index contributed by atoms with van der Waals surface area (Å²) < 4.78 is 19.4. The number of carboxylic acid groups (broad SMARTS) is 1. The standard InChI is InChI=1S/C32H49NO6/c1-19(2)10-11-33-15-24(39-22(6)28(16-33)37-7)17-38-31-14-25-21(5)8-9-26(25)30(18-34)13-23(31)12-27(20(3)4)32(30,31)29(35)36/h12,18,20-26,28H,1,8-11,13-17H2,2-7H3,(H,35,36)/t21-,22-,23+,24-,25-,26-,28+,30+,31+,32+/m1/s1. The lowest BCUT2D eigenvalue weighted by Gasteiger charge is -2.58. The molecule has 1 aliphatic heterocycles. The molecular weight excluding hydrogens is 494 g/mol. The molecule has 1 saturated heterocycles. The lowest BCUT2D eigenvalue weighted by Crippen LogP contribution is -2.66. The van der Waals surface area contributed by atoms with Crippen molar-refractivity contribution >= 4 is 12.3 Å². The average molecular weight is 544 g/mol. The molecule has 5 rings (SSSR count). The zero-order chi connectivity index (χ0) is 28.3. The molecule has 1 heterocycles. The zero-order valence-electron chi connectivity index (χ0n) is 24.8. The van der Waals surface area contributed by atoms with Crippen molar-refractivity contribution < 1.29 is 28.9 Å². The molecule has 3 saturated carbocycles. The van der Waals surface area contributed by atoms with E-state index in [0.717, 1.165) is 49.8 Å². The Morgan fingerprint density at radius 3 is 2.64 bits per heavy atom. The third-order valence-electron chi connectivity index (χ3n) is 11.4. The maximum atomic E-state index is 13.6. The van der Waals surface area contributed by atoms with Gasteiger partial charge in [0.05, 0.1) is 35.9 Å². The number of carboxylic acids is 1. The van der Waals surface area contributed by atoms with Crippen molar-refractivity contribution in [3.8, 4) is 0 Å². The monoisotopic (exact) mass is 543 g/mol. The molecule has 0 aromatic rings. The van der Waals surface area contributed by atoms with Gasteiger partial charge in [-0.1, -0.05) is 44.4 Å². The van der Waals surface area contributed by atoms with Gasteiger partial charge in [0.25, 0.3) is 0 Å². The largest absolute Gasteiger partial charge is 0.480 e. The maximum absolute atomic E-state index is 13.6. The molecule has 7 heteroatoms. The number of hydrogen-bond acceptors (Lipinski definition) is 6. The van der Waals surface area contributed by atoms with Crippen LogP contribution in [0.3, 0.4) is 0 Å². The van der Waals surface area contributed by atoms with E-state index in [1.165, 1.54) is 0 Å². The van der Waals surface area contributed by atoms with Gasteiger partial charge in [-0.05, 0) is 63.2 Å². The van der Waals surface area contributed by atoms with Crippen LogP contribution >= 0.6 is 0 Å². The summed E-state index contributed by atoms with van der Waals surface area (Å²) in [5, 5.41) is 11.2. The molecule has 7 nitrogen and oxygen atoms in total. The van der Waals surface area contributed by atoms with Gasteiger partial charge in [0.15, 0.2) is 0 Å². The van der Waals surface area contributed by atoms with E-state index in [9.17, 15) is 14.7 Å². The van der Waals surface area contributed by atoms with Crippen molar-refractivity contribution in [2.45, 2.75) is 90.6 Å². The summed E-state index contributed by atoms with van der Waals surface area (Å²) in [4.78, 5) is 29.2. The fourth-order valence-electron chi connectivity index (χ4n) is 9.69. The summed E-state index contributed by atoms with van der Waals surface area (Å²) in [6.45, 7) is 17.2. The highest BCUT2D eigenvalue weighted by Crippen LogP contribution is 2.80. The van der Waals surface area contributed by atoms with Gasteiger partial charge in [0.1, 0.15) is 11.7 Å². The SMILES string of the molecule is C=C(C)CCN1C[C@H](CO[C@@]23C[C@@H]4[C@H](C)CC[C@H]4[C@@]4(C=O)C[C@@H]2C=C(C(C)C)[C@@]34C(=O)O)O[C@H](C)[C@@H](OC)C1. The molecule has 0 amide bonds. The van der Waals surface area contributed by atoms with Crippen molar-refractivity contribution in [1.29, 1.82) is 0 Å². The second-order valence-electron chi connectivity index (χ2n) is 13.7. The number of carbonyl (C=O) groups excluding carboxylic acids is 1. The van der Waals surface area contributed by atoms with E-state index in [4.69, 9.17) is 14.2 Å². The van der Waals surface area contributed by atoms with Crippen LogP contribution in [0.1, 0.15) is 66.7 Å². The van der Waals surface area contributed by atoms with Crippen LogP contribution in [-0.4, -0.2) is 79.5 Å². The second-order valence-corrected chi connectivity index (χ2v) is 13.7. The molecule has 0 spiro atoms. The van der Waals surface area contributed by atoms with E-state index in [0.29, 0.717) is 37.8 Å². The Bertz CT molecular complexity index is 1020. The summed E-state index contributed by atoms with van der Waals surface area (Å²) in [6.07, 6.45) is 6.97. The number of rotatable bonds is 10. The van der Waals surface area contributed by atoms with Crippen LogP contribution in [0.2, 0.25) is 0 Å². The van der Waals surface area contributed by atoms with Crippen LogP contribution in [0.4, 0.5) is 0 Å². The molecule has 4 aliphatic carbocycles. The fraction of sp³-hybridized carbons (Fsp3) is 0.812. The highest BCUT2D eigenvalue weighted by molar-refractivity contribution is 5.91. The van der Waals surface area contributed by atoms with Gasteiger partial charge >= 0.3 is 5.97 Å². The molecule has 10 atom stereocenters. The minimum absolute atomic E-state index is 0.0262. The summed E-state index contributed by atoms with van der Waals surface area (Å²) in [6, 6.07) is 0. The molecule has 218 valence electrons. The lowest BCUT2D eigenvalue weighted by molar-refractivity contribution is -0.218. The van der Waals surface area contributed by atoms with E-state index in [1.807, 2.05) is 13.8 Å². The van der Waals surface area contributed by atoms with Crippen molar-refractivity contribution in [2.75, 3.05) is 33.4 Å². The molecule has 4 fully saturated rings. The molecular formula is C32H49NO6. The van der Waals surface area contributed by atoms with Crippen molar-refractivity contribution in [3.63, 3.8) is 0 Å². The highest BCUT2D eigenvalue weighted by atomic mass is 16.6. The van der Waals surface area contributed by atoms with Gasteiger partial charge in [-0.25, -0.2) is 0 Å². The number of nitrogens with zero attached hydrogens (tertiary/aromatic N) is 1. The van der Waals surface area contributed by atoms with Crippen LogP contribution < -0.4 is 0 Å². The number of hydrogen-bond donors (Lipinski definition) is 1. The molecule has 1 N–H and O–H groups in total. The predicted molar refractivity (Wildman–Crippen MR) is 149 cm³/mol. The van der Waals surface area contributed by atoms with E-state index < -0.39 is 22.4 Å². The number of carbonyl (C=O) groups is 2. The second kappa shape index (κ2) is 10.4. The van der Waals surface area contributed by atoms with Crippen molar-refractivity contribution in [2.24, 2.45) is 40.4 Å². The Morgan fingerprint density at radius 2 is 2.03 bits per heavy atom. The first-order valence-corrected chi connectivity index (χ1v) is 15.1. The Morgan fingerprint density at radius 1 is 1.28 bits per heavy atom. The van der Waals surface area contributed by atoms with Gasteiger partial charge in [-0.3, -0.25) is 9.69 Å². The maximum Gasteiger partial charge on any atom is 0.317 e. The molecule has 5 aliphatic rings. The smallest absolute Gasteiger partial charge is 0.317 e. The average Bonchev–Trinajstić information content (AvgIpc) is 3.40. The molecule has 4 bridgehead atoms. The Balaban J connectivity index is 1.50. The number of fused-ring (bicyclic) bond motifs is 2. The summed E-state index contributed by atoms with van der Waals surface area (Å²) in [5.41, 5.74) is -1.13. The Hall–Kier alpha value is -1.54. The topological polar surface area (TPSA) is 85.3 Å². The first-order valence-electron chi connectivity index (χ1n) is 15.1. The minimum Gasteiger partial charge on any atom is -0.480 e. The summed E-state index contributed by atoms with van der Waals surface area (Å²) in [5.74, 6) is -0.0873. The van der Waals surface area contributed by atoms with E-state index >= 15 is 0 Å². The van der Waals surface area contributed by atoms with Crippen molar-refractivity contribution in [1.82, 2.24) is 4.90 Å². The quantitative estimate of drug-likeness (QED) is 0.314. The minimum atomic E-state index is -1.32.